The molecule has 2 bridgehead atoms. The van der Waals surface area contributed by atoms with Crippen LogP contribution in [0.15, 0.2) is 77.7 Å². The van der Waals surface area contributed by atoms with Gasteiger partial charge in [-0.1, -0.05) is 54.1 Å². The molecule has 4 nitrogen and oxygen atoms in total. The third-order valence-electron chi connectivity index (χ3n) is 6.24. The van der Waals surface area contributed by atoms with Crippen molar-refractivity contribution < 1.29 is 12.8 Å². The Balaban J connectivity index is 1.41. The van der Waals surface area contributed by atoms with Crippen molar-refractivity contribution in [2.75, 3.05) is 13.1 Å². The van der Waals surface area contributed by atoms with Crippen molar-refractivity contribution in [3.8, 4) is 11.1 Å². The van der Waals surface area contributed by atoms with Crippen molar-refractivity contribution in [2.45, 2.75) is 29.8 Å². The van der Waals surface area contributed by atoms with Crippen molar-refractivity contribution in [3.63, 3.8) is 0 Å². The average Bonchev–Trinajstić information content (AvgIpc) is 2.75. The maximum absolute atomic E-state index is 13.5. The van der Waals surface area contributed by atoms with E-state index < -0.39 is 10.0 Å². The lowest BCUT2D eigenvalue weighted by molar-refractivity contribution is 0.0370. The Labute approximate surface area is 176 Å². The van der Waals surface area contributed by atoms with Crippen LogP contribution in [0.25, 0.3) is 11.1 Å². The summed E-state index contributed by atoms with van der Waals surface area (Å²) in [6, 6.07) is 21.5. The molecule has 1 N–H and O–H groups in total. The van der Waals surface area contributed by atoms with E-state index in [9.17, 15) is 12.8 Å². The Morgan fingerprint density at radius 2 is 1.57 bits per heavy atom. The topological polar surface area (TPSA) is 49.4 Å². The molecule has 3 aromatic rings. The van der Waals surface area contributed by atoms with Crippen molar-refractivity contribution in [3.05, 3.63) is 89.7 Å². The first kappa shape index (κ1) is 19.4. The quantitative estimate of drug-likeness (QED) is 0.693. The van der Waals surface area contributed by atoms with Gasteiger partial charge in [-0.2, -0.15) is 4.31 Å². The molecule has 2 heterocycles. The average molecular weight is 423 g/mol. The van der Waals surface area contributed by atoms with Gasteiger partial charge in [0, 0.05) is 31.1 Å². The molecular weight excluding hydrogens is 399 g/mol. The van der Waals surface area contributed by atoms with Crippen LogP contribution < -0.4 is 5.32 Å². The van der Waals surface area contributed by atoms with Gasteiger partial charge >= 0.3 is 0 Å². The fraction of sp³-hybridized carbons (Fsp3) is 0.250. The monoisotopic (exact) mass is 422 g/mol. The van der Waals surface area contributed by atoms with Gasteiger partial charge in [0.1, 0.15) is 5.82 Å². The predicted octanol–water partition coefficient (Wildman–Crippen LogP) is 3.93. The van der Waals surface area contributed by atoms with E-state index in [-0.39, 0.29) is 23.8 Å². The van der Waals surface area contributed by atoms with Crippen LogP contribution in [0.2, 0.25) is 0 Å². The molecule has 0 radical (unpaired) electrons. The van der Waals surface area contributed by atoms with Crippen molar-refractivity contribution in [1.82, 2.24) is 9.62 Å². The highest BCUT2D eigenvalue weighted by molar-refractivity contribution is 7.89. The standard InChI is InChI=1S/C24H23FN2O2S/c1-16-5-11-21(12-6-16)30(28,29)27-22-14-26-15-23(27)24(22)18-9-7-17(8-10-18)19-3-2-4-20(25)13-19/h2-13,22-24,26H,14-15H2,1H3/t22-,23+,24?. The number of nitrogens with zero attached hydrogens (tertiary/aromatic N) is 1. The highest BCUT2D eigenvalue weighted by Crippen LogP contribution is 2.46. The van der Waals surface area contributed by atoms with Gasteiger partial charge in [-0.3, -0.25) is 0 Å². The zero-order valence-corrected chi connectivity index (χ0v) is 17.4. The number of nitrogens with one attached hydrogen (secondary N) is 1. The zero-order valence-electron chi connectivity index (χ0n) is 16.6. The molecule has 30 heavy (non-hydrogen) atoms. The van der Waals surface area contributed by atoms with Gasteiger partial charge in [-0.25, -0.2) is 12.8 Å². The molecule has 0 amide bonds. The van der Waals surface area contributed by atoms with Crippen LogP contribution in [-0.2, 0) is 10.0 Å². The van der Waals surface area contributed by atoms with Crippen molar-refractivity contribution >= 4 is 10.0 Å². The maximum atomic E-state index is 13.5. The molecule has 5 rings (SSSR count). The second-order valence-electron chi connectivity index (χ2n) is 8.10. The molecule has 0 aliphatic carbocycles. The van der Waals surface area contributed by atoms with Crippen LogP contribution in [-0.4, -0.2) is 37.9 Å². The van der Waals surface area contributed by atoms with Crippen LogP contribution in [0.5, 0.6) is 0 Å². The molecule has 2 aliphatic rings. The smallest absolute Gasteiger partial charge is 0.243 e. The summed E-state index contributed by atoms with van der Waals surface area (Å²) >= 11 is 0. The zero-order chi connectivity index (χ0) is 20.9. The van der Waals surface area contributed by atoms with E-state index in [2.05, 4.69) is 5.32 Å². The summed E-state index contributed by atoms with van der Waals surface area (Å²) in [4.78, 5) is 0.352. The van der Waals surface area contributed by atoms with Gasteiger partial charge < -0.3 is 5.32 Å². The molecule has 3 atom stereocenters. The molecule has 0 spiro atoms. The first-order valence-electron chi connectivity index (χ1n) is 10.1. The number of aryl methyl sites for hydroxylation is 1. The molecule has 2 aliphatic heterocycles. The molecule has 1 unspecified atom stereocenters. The fourth-order valence-corrected chi connectivity index (χ4v) is 6.58. The number of benzene rings is 3. The van der Waals surface area contributed by atoms with Crippen molar-refractivity contribution in [2.24, 2.45) is 0 Å². The summed E-state index contributed by atoms with van der Waals surface area (Å²) in [5.41, 5.74) is 3.95. The normalized spacial score (nSPS) is 23.7. The minimum absolute atomic E-state index is 0.102. The highest BCUT2D eigenvalue weighted by atomic mass is 32.2. The number of piperidine rings is 1. The lowest BCUT2D eigenvalue weighted by atomic mass is 9.74. The van der Waals surface area contributed by atoms with Crippen LogP contribution in [0.3, 0.4) is 0 Å². The van der Waals surface area contributed by atoms with E-state index in [1.807, 2.05) is 49.4 Å². The number of hydrogen-bond donors (Lipinski definition) is 1. The summed E-state index contributed by atoms with van der Waals surface area (Å²) < 4.78 is 41.7. The molecule has 154 valence electrons. The number of halogens is 1. The van der Waals surface area contributed by atoms with Gasteiger partial charge in [0.2, 0.25) is 10.0 Å². The Kier molecular flexibility index (Phi) is 4.73. The first-order chi connectivity index (χ1) is 14.4. The second-order valence-corrected chi connectivity index (χ2v) is 9.94. The summed E-state index contributed by atoms with van der Waals surface area (Å²) in [7, 11) is -3.52. The van der Waals surface area contributed by atoms with Gasteiger partial charge in [0.15, 0.2) is 0 Å². The van der Waals surface area contributed by atoms with Gasteiger partial charge in [-0.15, -0.1) is 0 Å². The lowest BCUT2D eigenvalue weighted by Crippen LogP contribution is -2.73. The van der Waals surface area contributed by atoms with Crippen molar-refractivity contribution in [1.29, 1.82) is 0 Å². The number of piperazine rings is 1. The summed E-state index contributed by atoms with van der Waals surface area (Å²) in [5.74, 6) is -0.0961. The Bertz CT molecular complexity index is 1160. The van der Waals surface area contributed by atoms with E-state index in [1.54, 1.807) is 22.5 Å². The lowest BCUT2D eigenvalue weighted by Gasteiger charge is -2.57. The van der Waals surface area contributed by atoms with Crippen LogP contribution in [0.1, 0.15) is 17.0 Å². The minimum atomic E-state index is -3.52. The predicted molar refractivity (Wildman–Crippen MR) is 115 cm³/mol. The summed E-state index contributed by atoms with van der Waals surface area (Å²) in [6.45, 7) is 3.22. The fourth-order valence-electron chi connectivity index (χ4n) is 4.73. The molecule has 6 heteroatoms. The number of hydrogen-bond acceptors (Lipinski definition) is 3. The highest BCUT2D eigenvalue weighted by Gasteiger charge is 2.56. The SMILES string of the molecule is Cc1ccc(S(=O)(=O)N2[C@@H]3CNC[C@H]2C3c2ccc(-c3cccc(F)c3)cc2)cc1. The van der Waals surface area contributed by atoms with E-state index in [4.69, 9.17) is 0 Å². The Morgan fingerprint density at radius 1 is 0.900 bits per heavy atom. The molecule has 0 saturated carbocycles. The maximum Gasteiger partial charge on any atom is 0.243 e. The van der Waals surface area contributed by atoms with Gasteiger partial charge in [-0.05, 0) is 47.9 Å². The van der Waals surface area contributed by atoms with Gasteiger partial charge in [0.05, 0.1) is 4.90 Å². The van der Waals surface area contributed by atoms with E-state index in [0.717, 1.165) is 22.3 Å². The number of fused-ring (bicyclic) bond motifs is 2. The molecule has 0 aromatic heterocycles. The summed E-state index contributed by atoms with van der Waals surface area (Å²) in [6.07, 6.45) is 0. The van der Waals surface area contributed by atoms with Crippen LogP contribution >= 0.6 is 0 Å². The molecule has 2 saturated heterocycles. The van der Waals surface area contributed by atoms with E-state index >= 15 is 0 Å². The van der Waals surface area contributed by atoms with Crippen LogP contribution in [0.4, 0.5) is 4.39 Å². The number of sulfonamides is 1. The minimum Gasteiger partial charge on any atom is -0.313 e. The molecular formula is C24H23FN2O2S. The van der Waals surface area contributed by atoms with E-state index in [0.29, 0.717) is 18.0 Å². The van der Waals surface area contributed by atoms with E-state index in [1.165, 1.54) is 12.1 Å². The Hall–Kier alpha value is -2.54. The second kappa shape index (κ2) is 7.30. The van der Waals surface area contributed by atoms with Gasteiger partial charge in [0.25, 0.3) is 0 Å². The third kappa shape index (κ3) is 3.16. The molecule has 2 fully saturated rings. The van der Waals surface area contributed by atoms with Crippen LogP contribution in [0, 0.1) is 12.7 Å². The largest absolute Gasteiger partial charge is 0.313 e. The Morgan fingerprint density at radius 3 is 2.20 bits per heavy atom. The first-order valence-corrected chi connectivity index (χ1v) is 11.6. The summed E-state index contributed by atoms with van der Waals surface area (Å²) in [5, 5.41) is 3.34. The number of rotatable bonds is 4. The third-order valence-corrected chi connectivity index (χ3v) is 8.20. The molecule has 3 aromatic carbocycles.